The molecule has 2 heterocycles. The van der Waals surface area contributed by atoms with Gasteiger partial charge in [-0.3, -0.25) is 9.20 Å². The topological polar surface area (TPSA) is 34.4 Å². The second-order valence-corrected chi connectivity index (χ2v) is 4.17. The summed E-state index contributed by atoms with van der Waals surface area (Å²) in [6, 6.07) is 15.7. The molecule has 3 nitrogen and oxygen atoms in total. The van der Waals surface area contributed by atoms with Gasteiger partial charge in [0.15, 0.2) is 6.29 Å². The Kier molecular flexibility index (Phi) is 2.94. The van der Waals surface area contributed by atoms with Gasteiger partial charge in [-0.2, -0.15) is 0 Å². The Balaban J connectivity index is 2.06. The molecule has 3 aromatic rings. The molecule has 3 rings (SSSR count). The molecule has 0 saturated carbocycles. The van der Waals surface area contributed by atoms with Crippen LogP contribution in [0.25, 0.3) is 17.7 Å². The fourth-order valence-corrected chi connectivity index (χ4v) is 2.03. The van der Waals surface area contributed by atoms with E-state index in [-0.39, 0.29) is 0 Å². The summed E-state index contributed by atoms with van der Waals surface area (Å²) in [4.78, 5) is 15.3. The number of pyridine rings is 1. The highest BCUT2D eigenvalue weighted by Crippen LogP contribution is 2.14. The van der Waals surface area contributed by atoms with Crippen molar-refractivity contribution >= 4 is 24.0 Å². The van der Waals surface area contributed by atoms with Crippen LogP contribution < -0.4 is 0 Å². The molecule has 0 bridgehead atoms. The van der Waals surface area contributed by atoms with E-state index in [0.29, 0.717) is 5.69 Å². The number of hydrogen-bond acceptors (Lipinski definition) is 2. The molecule has 0 fully saturated rings. The molecule has 0 unspecified atom stereocenters. The first kappa shape index (κ1) is 11.4. The minimum Gasteiger partial charge on any atom is -0.300 e. The van der Waals surface area contributed by atoms with E-state index in [4.69, 9.17) is 0 Å². The number of imidazole rings is 1. The standard InChI is InChI=1S/C16H12N2O/c19-12-14-15-8-4-5-11-18(15)16(17-14)10-9-13-6-2-1-3-7-13/h1-12H/b10-9+. The molecular weight excluding hydrogens is 236 g/mol. The third-order valence-electron chi connectivity index (χ3n) is 2.94. The first-order chi connectivity index (χ1) is 9.38. The van der Waals surface area contributed by atoms with Gasteiger partial charge in [-0.25, -0.2) is 4.98 Å². The van der Waals surface area contributed by atoms with Crippen LogP contribution in [-0.4, -0.2) is 15.7 Å². The van der Waals surface area contributed by atoms with E-state index in [1.54, 1.807) is 0 Å². The molecule has 0 atom stereocenters. The Morgan fingerprint density at radius 1 is 0.947 bits per heavy atom. The number of fused-ring (bicyclic) bond motifs is 1. The van der Waals surface area contributed by atoms with Gasteiger partial charge in [0.25, 0.3) is 0 Å². The lowest BCUT2D eigenvalue weighted by Gasteiger charge is -1.95. The second-order valence-electron chi connectivity index (χ2n) is 4.17. The van der Waals surface area contributed by atoms with E-state index in [9.17, 15) is 4.79 Å². The summed E-state index contributed by atoms with van der Waals surface area (Å²) < 4.78 is 1.91. The molecule has 0 radical (unpaired) electrons. The fourth-order valence-electron chi connectivity index (χ4n) is 2.03. The summed E-state index contributed by atoms with van der Waals surface area (Å²) in [5.41, 5.74) is 2.39. The summed E-state index contributed by atoms with van der Waals surface area (Å²) >= 11 is 0. The molecule has 0 N–H and O–H groups in total. The van der Waals surface area contributed by atoms with Crippen LogP contribution in [0.3, 0.4) is 0 Å². The van der Waals surface area contributed by atoms with Crippen molar-refractivity contribution in [1.82, 2.24) is 9.38 Å². The van der Waals surface area contributed by atoms with Gasteiger partial charge in [0, 0.05) is 6.20 Å². The van der Waals surface area contributed by atoms with Crippen molar-refractivity contribution in [2.24, 2.45) is 0 Å². The summed E-state index contributed by atoms with van der Waals surface area (Å²) in [6.45, 7) is 0. The number of aldehydes is 1. The van der Waals surface area contributed by atoms with Crippen LogP contribution in [0.5, 0.6) is 0 Å². The third kappa shape index (κ3) is 2.18. The SMILES string of the molecule is O=Cc1nc(/C=C/c2ccccc2)n2ccccc12. The molecule has 0 aliphatic heterocycles. The lowest BCUT2D eigenvalue weighted by molar-refractivity contribution is 0.112. The minimum atomic E-state index is 0.466. The predicted molar refractivity (Wildman–Crippen MR) is 75.9 cm³/mol. The van der Waals surface area contributed by atoms with Crippen LogP contribution in [0.1, 0.15) is 21.9 Å². The quantitative estimate of drug-likeness (QED) is 0.666. The Morgan fingerprint density at radius 3 is 2.53 bits per heavy atom. The average Bonchev–Trinajstić information content (AvgIpc) is 2.84. The van der Waals surface area contributed by atoms with Gasteiger partial charge in [-0.1, -0.05) is 42.5 Å². The van der Waals surface area contributed by atoms with Gasteiger partial charge in [0.05, 0.1) is 5.52 Å². The van der Waals surface area contributed by atoms with Gasteiger partial charge in [-0.15, -0.1) is 0 Å². The number of aromatic nitrogens is 2. The minimum absolute atomic E-state index is 0.466. The van der Waals surface area contributed by atoms with Crippen LogP contribution in [0.4, 0.5) is 0 Å². The number of carbonyl (C=O) groups excluding carboxylic acids is 1. The van der Waals surface area contributed by atoms with Crippen LogP contribution in [-0.2, 0) is 0 Å². The van der Waals surface area contributed by atoms with Crippen molar-refractivity contribution in [2.45, 2.75) is 0 Å². The van der Waals surface area contributed by atoms with Gasteiger partial charge < -0.3 is 0 Å². The monoisotopic (exact) mass is 248 g/mol. The van der Waals surface area contributed by atoms with Crippen molar-refractivity contribution in [1.29, 1.82) is 0 Å². The van der Waals surface area contributed by atoms with Crippen molar-refractivity contribution in [3.05, 3.63) is 71.8 Å². The Hall–Kier alpha value is -2.68. The molecule has 19 heavy (non-hydrogen) atoms. The van der Waals surface area contributed by atoms with Crippen molar-refractivity contribution in [3.8, 4) is 0 Å². The molecular formula is C16H12N2O. The predicted octanol–water partition coefficient (Wildman–Crippen LogP) is 3.32. The van der Waals surface area contributed by atoms with Gasteiger partial charge >= 0.3 is 0 Å². The van der Waals surface area contributed by atoms with Crippen LogP contribution in [0.2, 0.25) is 0 Å². The third-order valence-corrected chi connectivity index (χ3v) is 2.94. The second kappa shape index (κ2) is 4.90. The van der Waals surface area contributed by atoms with E-state index in [2.05, 4.69) is 4.98 Å². The largest absolute Gasteiger partial charge is 0.300 e. The lowest BCUT2D eigenvalue weighted by Crippen LogP contribution is -1.85. The first-order valence-electron chi connectivity index (χ1n) is 6.04. The van der Waals surface area contributed by atoms with Crippen LogP contribution >= 0.6 is 0 Å². The fraction of sp³-hybridized carbons (Fsp3) is 0. The average molecular weight is 248 g/mol. The molecule has 0 saturated heterocycles. The van der Waals surface area contributed by atoms with Gasteiger partial charge in [-0.05, 0) is 23.8 Å². The summed E-state index contributed by atoms with van der Waals surface area (Å²) in [7, 11) is 0. The number of benzene rings is 1. The molecule has 0 spiro atoms. The number of carbonyl (C=O) groups is 1. The molecule has 0 aliphatic carbocycles. The van der Waals surface area contributed by atoms with Gasteiger partial charge in [0.2, 0.25) is 0 Å². The maximum absolute atomic E-state index is 11.0. The van der Waals surface area contributed by atoms with E-state index in [1.165, 1.54) is 0 Å². The van der Waals surface area contributed by atoms with E-state index < -0.39 is 0 Å². The van der Waals surface area contributed by atoms with Crippen molar-refractivity contribution in [2.75, 3.05) is 0 Å². The highest BCUT2D eigenvalue weighted by molar-refractivity contribution is 5.85. The Bertz CT molecular complexity index is 742. The zero-order valence-corrected chi connectivity index (χ0v) is 10.2. The van der Waals surface area contributed by atoms with E-state index in [1.807, 2.05) is 71.3 Å². The lowest BCUT2D eigenvalue weighted by atomic mass is 10.2. The maximum Gasteiger partial charge on any atom is 0.170 e. The zero-order valence-electron chi connectivity index (χ0n) is 10.2. The summed E-state index contributed by atoms with van der Waals surface area (Å²) in [5.74, 6) is 0.751. The van der Waals surface area contributed by atoms with Crippen LogP contribution in [0.15, 0.2) is 54.7 Å². The molecule has 2 aromatic heterocycles. The van der Waals surface area contributed by atoms with Crippen molar-refractivity contribution in [3.63, 3.8) is 0 Å². The molecule has 1 aromatic carbocycles. The smallest absolute Gasteiger partial charge is 0.170 e. The maximum atomic E-state index is 11.0. The van der Waals surface area contributed by atoms with E-state index >= 15 is 0 Å². The number of hydrogen-bond donors (Lipinski definition) is 0. The molecule has 0 amide bonds. The normalized spacial score (nSPS) is 11.2. The van der Waals surface area contributed by atoms with E-state index in [0.717, 1.165) is 23.2 Å². The number of nitrogens with zero attached hydrogens (tertiary/aromatic N) is 2. The summed E-state index contributed by atoms with van der Waals surface area (Å²) in [6.07, 6.45) is 6.58. The van der Waals surface area contributed by atoms with Crippen molar-refractivity contribution < 1.29 is 4.79 Å². The number of rotatable bonds is 3. The zero-order chi connectivity index (χ0) is 13.1. The highest BCUT2D eigenvalue weighted by atomic mass is 16.1. The summed E-state index contributed by atoms with van der Waals surface area (Å²) in [5, 5.41) is 0. The first-order valence-corrected chi connectivity index (χ1v) is 6.04. The van der Waals surface area contributed by atoms with Gasteiger partial charge in [0.1, 0.15) is 11.5 Å². The molecule has 0 aliphatic rings. The highest BCUT2D eigenvalue weighted by Gasteiger charge is 2.06. The molecule has 92 valence electrons. The Labute approximate surface area is 110 Å². The molecule has 3 heteroatoms. The Morgan fingerprint density at radius 2 is 1.74 bits per heavy atom. The van der Waals surface area contributed by atoms with Crippen LogP contribution in [0, 0.1) is 0 Å².